The molecule has 0 atom stereocenters. The van der Waals surface area contributed by atoms with Crippen LogP contribution in [-0.4, -0.2) is 17.0 Å². The maximum absolute atomic E-state index is 6.21. The molecule has 106 valence electrons. The first-order valence-electron chi connectivity index (χ1n) is 6.82. The quantitative estimate of drug-likeness (QED) is 0.750. The zero-order chi connectivity index (χ0) is 15.0. The Morgan fingerprint density at radius 3 is 2.52 bits per heavy atom. The van der Waals surface area contributed by atoms with Gasteiger partial charge < -0.3 is 5.32 Å². The molecule has 2 aromatic carbocycles. The summed E-state index contributed by atoms with van der Waals surface area (Å²) >= 11 is 6.21. The van der Waals surface area contributed by atoms with Crippen molar-refractivity contribution in [2.75, 3.05) is 12.4 Å². The molecular formula is C17H16ClN3. The van der Waals surface area contributed by atoms with Gasteiger partial charge in [-0.25, -0.2) is 9.97 Å². The first-order chi connectivity index (χ1) is 10.1. The second-order valence-electron chi connectivity index (χ2n) is 5.03. The zero-order valence-corrected chi connectivity index (χ0v) is 13.0. The number of halogens is 1. The standard InChI is InChI=1S/C17H16ClN3/c1-10-6-4-9-14-15(10)17(19-3)21-16(20-14)12-7-5-8-13(18)11(12)2/h4-9H,1-3H3,(H,19,20,21). The van der Waals surface area contributed by atoms with Crippen LogP contribution < -0.4 is 5.32 Å². The molecule has 3 nitrogen and oxygen atoms in total. The van der Waals surface area contributed by atoms with Crippen LogP contribution in [0.1, 0.15) is 11.1 Å². The molecule has 3 aromatic rings. The number of rotatable bonds is 2. The van der Waals surface area contributed by atoms with Gasteiger partial charge in [-0.3, -0.25) is 0 Å². The summed E-state index contributed by atoms with van der Waals surface area (Å²) in [6.07, 6.45) is 0. The minimum Gasteiger partial charge on any atom is -0.373 e. The third-order valence-electron chi connectivity index (χ3n) is 3.68. The molecule has 3 rings (SSSR count). The molecular weight excluding hydrogens is 282 g/mol. The number of benzene rings is 2. The predicted octanol–water partition coefficient (Wildman–Crippen LogP) is 4.61. The number of fused-ring (bicyclic) bond motifs is 1. The highest BCUT2D eigenvalue weighted by Crippen LogP contribution is 2.30. The first-order valence-corrected chi connectivity index (χ1v) is 7.20. The molecule has 0 saturated heterocycles. The fourth-order valence-electron chi connectivity index (χ4n) is 2.51. The molecule has 0 amide bonds. The zero-order valence-electron chi connectivity index (χ0n) is 12.2. The van der Waals surface area contributed by atoms with E-state index in [-0.39, 0.29) is 0 Å². The summed E-state index contributed by atoms with van der Waals surface area (Å²) < 4.78 is 0. The first kappa shape index (κ1) is 13.8. The average molecular weight is 298 g/mol. The van der Waals surface area contributed by atoms with Gasteiger partial charge in [-0.1, -0.05) is 35.9 Å². The third-order valence-corrected chi connectivity index (χ3v) is 4.09. The second-order valence-corrected chi connectivity index (χ2v) is 5.43. The van der Waals surface area contributed by atoms with Gasteiger partial charge in [0.05, 0.1) is 5.52 Å². The number of anilines is 1. The highest BCUT2D eigenvalue weighted by Gasteiger charge is 2.12. The van der Waals surface area contributed by atoms with Gasteiger partial charge in [0, 0.05) is 23.0 Å². The molecule has 0 bridgehead atoms. The number of aryl methyl sites for hydroxylation is 1. The van der Waals surface area contributed by atoms with Crippen molar-refractivity contribution in [3.8, 4) is 11.4 Å². The summed E-state index contributed by atoms with van der Waals surface area (Å²) in [7, 11) is 1.88. The molecule has 0 fully saturated rings. The molecule has 0 saturated carbocycles. The van der Waals surface area contributed by atoms with Crippen LogP contribution in [0.4, 0.5) is 5.82 Å². The highest BCUT2D eigenvalue weighted by molar-refractivity contribution is 6.31. The molecule has 4 heteroatoms. The van der Waals surface area contributed by atoms with E-state index in [0.717, 1.165) is 38.4 Å². The molecule has 0 aliphatic carbocycles. The van der Waals surface area contributed by atoms with Crippen LogP contribution in [0.3, 0.4) is 0 Å². The predicted molar refractivity (Wildman–Crippen MR) is 89.0 cm³/mol. The van der Waals surface area contributed by atoms with Gasteiger partial charge in [0.2, 0.25) is 0 Å². The third kappa shape index (κ3) is 2.34. The van der Waals surface area contributed by atoms with Crippen molar-refractivity contribution in [3.63, 3.8) is 0 Å². The Morgan fingerprint density at radius 2 is 1.76 bits per heavy atom. The normalized spacial score (nSPS) is 10.9. The fourth-order valence-corrected chi connectivity index (χ4v) is 2.68. The van der Waals surface area contributed by atoms with Gasteiger partial charge >= 0.3 is 0 Å². The summed E-state index contributed by atoms with van der Waals surface area (Å²) in [5.41, 5.74) is 4.05. The summed E-state index contributed by atoms with van der Waals surface area (Å²) in [4.78, 5) is 9.38. The lowest BCUT2D eigenvalue weighted by Gasteiger charge is -2.12. The molecule has 1 heterocycles. The number of nitrogens with zero attached hydrogens (tertiary/aromatic N) is 2. The van der Waals surface area contributed by atoms with E-state index in [2.05, 4.69) is 23.3 Å². The van der Waals surface area contributed by atoms with E-state index < -0.39 is 0 Å². The van der Waals surface area contributed by atoms with Crippen LogP contribution in [0, 0.1) is 13.8 Å². The summed E-state index contributed by atoms with van der Waals surface area (Å²) in [6.45, 7) is 4.05. The molecule has 0 radical (unpaired) electrons. The Balaban J connectivity index is 2.32. The Bertz CT molecular complexity index is 828. The van der Waals surface area contributed by atoms with E-state index >= 15 is 0 Å². The Kier molecular flexibility index (Phi) is 3.52. The smallest absolute Gasteiger partial charge is 0.162 e. The minimum atomic E-state index is 0.692. The van der Waals surface area contributed by atoms with Crippen molar-refractivity contribution >= 4 is 28.3 Å². The van der Waals surface area contributed by atoms with Crippen molar-refractivity contribution in [2.45, 2.75) is 13.8 Å². The number of hydrogen-bond donors (Lipinski definition) is 1. The van der Waals surface area contributed by atoms with E-state index in [0.29, 0.717) is 5.82 Å². The van der Waals surface area contributed by atoms with Crippen LogP contribution in [0.15, 0.2) is 36.4 Å². The molecule has 1 N–H and O–H groups in total. The topological polar surface area (TPSA) is 37.8 Å². The summed E-state index contributed by atoms with van der Waals surface area (Å²) in [5.74, 6) is 1.53. The lowest BCUT2D eigenvalue weighted by atomic mass is 10.1. The monoisotopic (exact) mass is 297 g/mol. The van der Waals surface area contributed by atoms with Crippen molar-refractivity contribution < 1.29 is 0 Å². The second kappa shape index (κ2) is 5.34. The van der Waals surface area contributed by atoms with Crippen LogP contribution in [0.5, 0.6) is 0 Å². The molecule has 0 spiro atoms. The maximum atomic E-state index is 6.21. The van der Waals surface area contributed by atoms with Gasteiger partial charge in [-0.15, -0.1) is 0 Å². The fraction of sp³-hybridized carbons (Fsp3) is 0.176. The van der Waals surface area contributed by atoms with Crippen LogP contribution >= 0.6 is 11.6 Å². The van der Waals surface area contributed by atoms with E-state index in [4.69, 9.17) is 16.6 Å². The maximum Gasteiger partial charge on any atom is 0.162 e. The van der Waals surface area contributed by atoms with Gasteiger partial charge in [-0.05, 0) is 37.1 Å². The number of hydrogen-bond acceptors (Lipinski definition) is 3. The van der Waals surface area contributed by atoms with Gasteiger partial charge in [0.25, 0.3) is 0 Å². The molecule has 21 heavy (non-hydrogen) atoms. The van der Waals surface area contributed by atoms with Crippen molar-refractivity contribution in [1.29, 1.82) is 0 Å². The van der Waals surface area contributed by atoms with E-state index in [1.54, 1.807) is 0 Å². The number of nitrogens with one attached hydrogen (secondary N) is 1. The van der Waals surface area contributed by atoms with E-state index in [9.17, 15) is 0 Å². The lowest BCUT2D eigenvalue weighted by Crippen LogP contribution is -2.00. The van der Waals surface area contributed by atoms with Crippen LogP contribution in [0.25, 0.3) is 22.3 Å². The molecule has 0 unspecified atom stereocenters. The van der Waals surface area contributed by atoms with Crippen molar-refractivity contribution in [3.05, 3.63) is 52.5 Å². The van der Waals surface area contributed by atoms with Crippen molar-refractivity contribution in [1.82, 2.24) is 9.97 Å². The van der Waals surface area contributed by atoms with Crippen molar-refractivity contribution in [2.24, 2.45) is 0 Å². The molecule has 0 aliphatic heterocycles. The van der Waals surface area contributed by atoms with E-state index in [1.165, 1.54) is 0 Å². The number of aromatic nitrogens is 2. The van der Waals surface area contributed by atoms with E-state index in [1.807, 2.05) is 44.3 Å². The largest absolute Gasteiger partial charge is 0.373 e. The molecule has 1 aromatic heterocycles. The lowest BCUT2D eigenvalue weighted by molar-refractivity contribution is 1.20. The SMILES string of the molecule is CNc1nc(-c2cccc(Cl)c2C)nc2cccc(C)c12. The van der Waals surface area contributed by atoms with Gasteiger partial charge in [-0.2, -0.15) is 0 Å². The minimum absolute atomic E-state index is 0.692. The van der Waals surface area contributed by atoms with Gasteiger partial charge in [0.1, 0.15) is 5.82 Å². The summed E-state index contributed by atoms with van der Waals surface area (Å²) in [6, 6.07) is 11.9. The molecule has 0 aliphatic rings. The van der Waals surface area contributed by atoms with Gasteiger partial charge in [0.15, 0.2) is 5.82 Å². The summed E-state index contributed by atoms with van der Waals surface area (Å²) in [5, 5.41) is 4.96. The average Bonchev–Trinajstić information content (AvgIpc) is 2.49. The van der Waals surface area contributed by atoms with Crippen LogP contribution in [-0.2, 0) is 0 Å². The Morgan fingerprint density at radius 1 is 1.00 bits per heavy atom. The highest BCUT2D eigenvalue weighted by atomic mass is 35.5. The van der Waals surface area contributed by atoms with Crippen LogP contribution in [0.2, 0.25) is 5.02 Å². The Labute approximate surface area is 129 Å². The Hall–Kier alpha value is -2.13.